The summed E-state index contributed by atoms with van der Waals surface area (Å²) >= 11 is 1.41. The monoisotopic (exact) mass is 382 g/mol. The van der Waals surface area contributed by atoms with Crippen LogP contribution in [0.5, 0.6) is 5.75 Å². The predicted octanol–water partition coefficient (Wildman–Crippen LogP) is 2.96. The molecule has 4 rings (SSSR count). The lowest BCUT2D eigenvalue weighted by Crippen LogP contribution is -2.51. The first-order valence-electron chi connectivity index (χ1n) is 8.64. The zero-order chi connectivity index (χ0) is 18.8. The van der Waals surface area contributed by atoms with Crippen LogP contribution in [-0.2, 0) is 0 Å². The molecule has 2 amide bonds. The molecule has 1 aliphatic heterocycles. The van der Waals surface area contributed by atoms with Gasteiger partial charge in [0.2, 0.25) is 0 Å². The molecule has 1 saturated heterocycles. The largest absolute Gasteiger partial charge is 0.415 e. The molecule has 1 fully saturated rings. The van der Waals surface area contributed by atoms with Crippen LogP contribution in [0.25, 0.3) is 10.2 Å². The first-order chi connectivity index (χ1) is 13.1. The molecule has 0 spiro atoms. The highest BCUT2D eigenvalue weighted by atomic mass is 32.1. The van der Waals surface area contributed by atoms with E-state index in [-0.39, 0.29) is 5.91 Å². The fourth-order valence-corrected chi connectivity index (χ4v) is 3.99. The number of rotatable bonds is 2. The number of para-hydroxylation sites is 1. The lowest BCUT2D eigenvalue weighted by molar-refractivity contribution is 0.0633. The Hall–Kier alpha value is -3.00. The van der Waals surface area contributed by atoms with Gasteiger partial charge in [-0.25, -0.2) is 9.78 Å². The minimum absolute atomic E-state index is 0.0872. The van der Waals surface area contributed by atoms with E-state index >= 15 is 0 Å². The third-order valence-electron chi connectivity index (χ3n) is 4.47. The molecule has 7 nitrogen and oxygen atoms in total. The molecular formula is C19H18N4O3S. The number of carbonyl (C=O) groups excluding carboxylic acids is 2. The second-order valence-electron chi connectivity index (χ2n) is 6.28. The van der Waals surface area contributed by atoms with E-state index in [0.29, 0.717) is 36.9 Å². The molecule has 0 bridgehead atoms. The fraction of sp³-hybridized carbons (Fsp3) is 0.263. The van der Waals surface area contributed by atoms with Crippen molar-refractivity contribution in [1.29, 1.82) is 0 Å². The van der Waals surface area contributed by atoms with Crippen LogP contribution in [0.1, 0.15) is 15.4 Å². The summed E-state index contributed by atoms with van der Waals surface area (Å²) in [5.41, 5.74) is 1.94. The summed E-state index contributed by atoms with van der Waals surface area (Å²) in [5, 5.41) is 0.491. The summed E-state index contributed by atoms with van der Waals surface area (Å²) in [4.78, 5) is 36.8. The van der Waals surface area contributed by atoms with Gasteiger partial charge in [-0.05, 0) is 30.7 Å². The molecule has 138 valence electrons. The second kappa shape index (κ2) is 7.32. The van der Waals surface area contributed by atoms with Gasteiger partial charge in [0.25, 0.3) is 5.91 Å². The summed E-state index contributed by atoms with van der Waals surface area (Å²) in [6.45, 7) is 3.75. The lowest BCUT2D eigenvalue weighted by Gasteiger charge is -2.33. The summed E-state index contributed by atoms with van der Waals surface area (Å²) in [6.07, 6.45) is 2.68. The number of nitrogens with zero attached hydrogens (tertiary/aromatic N) is 4. The smallest absolute Gasteiger partial charge is 0.409 e. The van der Waals surface area contributed by atoms with Crippen LogP contribution in [0.4, 0.5) is 4.79 Å². The van der Waals surface area contributed by atoms with E-state index in [1.807, 2.05) is 25.1 Å². The zero-order valence-corrected chi connectivity index (χ0v) is 15.6. The van der Waals surface area contributed by atoms with Crippen LogP contribution in [0, 0.1) is 6.92 Å². The number of hydrogen-bond acceptors (Lipinski definition) is 6. The highest BCUT2D eigenvalue weighted by molar-refractivity contribution is 7.20. The summed E-state index contributed by atoms with van der Waals surface area (Å²) in [5.74, 6) is 0.321. The van der Waals surface area contributed by atoms with E-state index in [9.17, 15) is 9.59 Å². The van der Waals surface area contributed by atoms with Gasteiger partial charge in [-0.2, -0.15) is 0 Å². The SMILES string of the molecule is Cc1cccc2sc(C(=O)N3CCN(C(=O)Oc4cccnc4)CC3)nc12. The summed E-state index contributed by atoms with van der Waals surface area (Å²) in [7, 11) is 0. The van der Waals surface area contributed by atoms with Crippen molar-refractivity contribution in [2.75, 3.05) is 26.2 Å². The quantitative estimate of drug-likeness (QED) is 0.681. The Balaban J connectivity index is 1.39. The number of pyridine rings is 1. The zero-order valence-electron chi connectivity index (χ0n) is 14.8. The number of fused-ring (bicyclic) bond motifs is 1. The van der Waals surface area contributed by atoms with Crippen LogP contribution in [-0.4, -0.2) is 57.9 Å². The molecule has 0 radical (unpaired) electrons. The molecule has 0 N–H and O–H groups in total. The van der Waals surface area contributed by atoms with Gasteiger partial charge in [0.05, 0.1) is 16.4 Å². The molecule has 3 heterocycles. The summed E-state index contributed by atoms with van der Waals surface area (Å²) < 4.78 is 6.31. The number of carbonyl (C=O) groups is 2. The Morgan fingerprint density at radius 2 is 1.85 bits per heavy atom. The number of aromatic nitrogens is 2. The van der Waals surface area contributed by atoms with Gasteiger partial charge < -0.3 is 14.5 Å². The maximum absolute atomic E-state index is 12.8. The van der Waals surface area contributed by atoms with E-state index in [1.165, 1.54) is 17.5 Å². The van der Waals surface area contributed by atoms with Gasteiger partial charge in [0.15, 0.2) is 10.8 Å². The number of amides is 2. The van der Waals surface area contributed by atoms with Crippen molar-refractivity contribution < 1.29 is 14.3 Å². The Labute approximate surface area is 160 Å². The lowest BCUT2D eigenvalue weighted by atomic mass is 10.2. The number of thiazole rings is 1. The van der Waals surface area contributed by atoms with Crippen LogP contribution in [0.2, 0.25) is 0 Å². The number of piperazine rings is 1. The maximum atomic E-state index is 12.8. The predicted molar refractivity (Wildman–Crippen MR) is 102 cm³/mol. The van der Waals surface area contributed by atoms with Gasteiger partial charge in [0.1, 0.15) is 0 Å². The number of hydrogen-bond donors (Lipinski definition) is 0. The fourth-order valence-electron chi connectivity index (χ4n) is 2.98. The van der Waals surface area contributed by atoms with Crippen molar-refractivity contribution in [3.8, 4) is 5.75 Å². The number of aryl methyl sites for hydroxylation is 1. The topological polar surface area (TPSA) is 75.6 Å². The van der Waals surface area contributed by atoms with Gasteiger partial charge in [-0.3, -0.25) is 9.78 Å². The van der Waals surface area contributed by atoms with E-state index in [2.05, 4.69) is 9.97 Å². The van der Waals surface area contributed by atoms with Crippen LogP contribution >= 0.6 is 11.3 Å². The van der Waals surface area contributed by atoms with Crippen molar-refractivity contribution in [3.63, 3.8) is 0 Å². The minimum atomic E-state index is -0.425. The first-order valence-corrected chi connectivity index (χ1v) is 9.46. The van der Waals surface area contributed by atoms with Crippen molar-refractivity contribution in [2.45, 2.75) is 6.92 Å². The van der Waals surface area contributed by atoms with Crippen molar-refractivity contribution >= 4 is 33.6 Å². The van der Waals surface area contributed by atoms with Crippen molar-refractivity contribution in [2.24, 2.45) is 0 Å². The molecule has 27 heavy (non-hydrogen) atoms. The van der Waals surface area contributed by atoms with Crippen molar-refractivity contribution in [3.05, 3.63) is 53.3 Å². The molecule has 0 saturated carbocycles. The van der Waals surface area contributed by atoms with Crippen LogP contribution in [0.15, 0.2) is 42.7 Å². The third-order valence-corrected chi connectivity index (χ3v) is 5.48. The molecule has 2 aromatic heterocycles. The van der Waals surface area contributed by atoms with Gasteiger partial charge in [-0.1, -0.05) is 12.1 Å². The average Bonchev–Trinajstić information content (AvgIpc) is 3.14. The van der Waals surface area contributed by atoms with E-state index < -0.39 is 6.09 Å². The Morgan fingerprint density at radius 3 is 2.56 bits per heavy atom. The molecule has 3 aromatic rings. The van der Waals surface area contributed by atoms with Crippen LogP contribution < -0.4 is 4.74 Å². The van der Waals surface area contributed by atoms with E-state index in [4.69, 9.17) is 4.74 Å². The Morgan fingerprint density at radius 1 is 1.07 bits per heavy atom. The molecule has 1 aromatic carbocycles. The Bertz CT molecular complexity index is 981. The second-order valence-corrected chi connectivity index (χ2v) is 7.31. The van der Waals surface area contributed by atoms with Crippen molar-refractivity contribution in [1.82, 2.24) is 19.8 Å². The van der Waals surface area contributed by atoms with E-state index in [0.717, 1.165) is 15.8 Å². The van der Waals surface area contributed by atoms with Gasteiger partial charge in [0, 0.05) is 32.4 Å². The molecule has 0 unspecified atom stereocenters. The molecule has 8 heteroatoms. The molecule has 1 aliphatic rings. The highest BCUT2D eigenvalue weighted by Gasteiger charge is 2.27. The standard InChI is InChI=1S/C19H18N4O3S/c1-13-4-2-6-15-16(13)21-17(27-15)18(24)22-8-10-23(11-9-22)19(25)26-14-5-3-7-20-12-14/h2-7,12H,8-11H2,1H3. The van der Waals surface area contributed by atoms with Crippen LogP contribution in [0.3, 0.4) is 0 Å². The molecular weight excluding hydrogens is 364 g/mol. The van der Waals surface area contributed by atoms with Gasteiger partial charge in [-0.15, -0.1) is 11.3 Å². The first kappa shape index (κ1) is 17.4. The molecule has 0 aliphatic carbocycles. The highest BCUT2D eigenvalue weighted by Crippen LogP contribution is 2.25. The van der Waals surface area contributed by atoms with E-state index in [1.54, 1.807) is 28.1 Å². The summed E-state index contributed by atoms with van der Waals surface area (Å²) in [6, 6.07) is 9.32. The molecule has 0 atom stereocenters. The Kier molecular flexibility index (Phi) is 4.72. The number of ether oxygens (including phenoxy) is 1. The van der Waals surface area contributed by atoms with Gasteiger partial charge >= 0.3 is 6.09 Å². The maximum Gasteiger partial charge on any atom is 0.415 e. The minimum Gasteiger partial charge on any atom is -0.409 e. The average molecular weight is 382 g/mol. The normalized spacial score (nSPS) is 14.4. The number of benzene rings is 1. The third kappa shape index (κ3) is 3.61.